The number of nitrogens with one attached hydrogen (secondary N) is 2. The van der Waals surface area contributed by atoms with E-state index >= 15 is 0 Å². The first-order valence-electron chi connectivity index (χ1n) is 8.11. The predicted molar refractivity (Wildman–Crippen MR) is 113 cm³/mol. The van der Waals surface area contributed by atoms with Crippen molar-refractivity contribution in [3.8, 4) is 5.75 Å². The van der Waals surface area contributed by atoms with Crippen molar-refractivity contribution >= 4 is 29.9 Å². The third-order valence-corrected chi connectivity index (χ3v) is 4.14. The van der Waals surface area contributed by atoms with Gasteiger partial charge in [0.05, 0.1) is 12.8 Å². The molecule has 6 nitrogen and oxygen atoms in total. The van der Waals surface area contributed by atoms with Crippen LogP contribution in [0.2, 0.25) is 0 Å². The second-order valence-electron chi connectivity index (χ2n) is 5.73. The first-order chi connectivity index (χ1) is 11.5. The van der Waals surface area contributed by atoms with Gasteiger partial charge in [0.2, 0.25) is 0 Å². The standard InChI is InChI=1S/C18H27N5O.HI/c1-13-17(14(2)23(4)22-13)9-10-20-18(19-3)21-12-15-7-6-8-16(11-15)24-5;/h6-8,11H,9-10,12H2,1-5H3,(H2,19,20,21);1H. The lowest BCUT2D eigenvalue weighted by Crippen LogP contribution is -2.37. The summed E-state index contributed by atoms with van der Waals surface area (Å²) >= 11 is 0. The molecule has 138 valence electrons. The second kappa shape index (κ2) is 10.3. The number of aliphatic imine (C=N–C) groups is 1. The van der Waals surface area contributed by atoms with Crippen LogP contribution in [0.4, 0.5) is 0 Å². The smallest absolute Gasteiger partial charge is 0.191 e. The molecule has 0 unspecified atom stereocenters. The maximum atomic E-state index is 5.24. The molecule has 0 saturated heterocycles. The first-order valence-corrected chi connectivity index (χ1v) is 8.11. The van der Waals surface area contributed by atoms with Gasteiger partial charge in [0.15, 0.2) is 5.96 Å². The number of nitrogens with zero attached hydrogens (tertiary/aromatic N) is 3. The summed E-state index contributed by atoms with van der Waals surface area (Å²) < 4.78 is 7.18. The molecule has 2 N–H and O–H groups in total. The number of aromatic nitrogens is 2. The lowest BCUT2D eigenvalue weighted by atomic mass is 10.1. The Bertz CT molecular complexity index is 711. The minimum absolute atomic E-state index is 0. The average molecular weight is 457 g/mol. The number of methoxy groups -OCH3 is 1. The zero-order valence-electron chi connectivity index (χ0n) is 15.6. The van der Waals surface area contributed by atoms with E-state index in [9.17, 15) is 0 Å². The van der Waals surface area contributed by atoms with Crippen LogP contribution in [0.15, 0.2) is 29.3 Å². The molecule has 1 heterocycles. The molecule has 0 aliphatic heterocycles. The molecule has 0 amide bonds. The molecule has 25 heavy (non-hydrogen) atoms. The molecule has 0 aliphatic rings. The van der Waals surface area contributed by atoms with Gasteiger partial charge in [-0.05, 0) is 43.5 Å². The minimum Gasteiger partial charge on any atom is -0.497 e. The van der Waals surface area contributed by atoms with E-state index in [0.717, 1.165) is 35.9 Å². The second-order valence-corrected chi connectivity index (χ2v) is 5.73. The molecular formula is C18H28IN5O. The topological polar surface area (TPSA) is 63.5 Å². The Morgan fingerprint density at radius 1 is 1.28 bits per heavy atom. The first kappa shape index (κ1) is 21.3. The zero-order valence-corrected chi connectivity index (χ0v) is 17.9. The highest BCUT2D eigenvalue weighted by Crippen LogP contribution is 2.13. The van der Waals surface area contributed by atoms with Crippen LogP contribution in [-0.4, -0.2) is 36.4 Å². The summed E-state index contributed by atoms with van der Waals surface area (Å²) in [6.45, 7) is 5.66. The lowest BCUT2D eigenvalue weighted by molar-refractivity contribution is 0.414. The van der Waals surface area contributed by atoms with Gasteiger partial charge in [-0.2, -0.15) is 5.10 Å². The van der Waals surface area contributed by atoms with E-state index in [1.807, 2.05) is 29.9 Å². The van der Waals surface area contributed by atoms with E-state index in [1.165, 1.54) is 11.3 Å². The van der Waals surface area contributed by atoms with Gasteiger partial charge in [-0.25, -0.2) is 0 Å². The van der Waals surface area contributed by atoms with Gasteiger partial charge in [0.1, 0.15) is 5.75 Å². The number of benzene rings is 1. The number of guanidine groups is 1. The number of halogens is 1. The third kappa shape index (κ3) is 5.91. The number of rotatable bonds is 6. The number of hydrogen-bond donors (Lipinski definition) is 2. The van der Waals surface area contributed by atoms with E-state index < -0.39 is 0 Å². The fourth-order valence-electron chi connectivity index (χ4n) is 2.67. The minimum atomic E-state index is 0. The molecule has 7 heteroatoms. The van der Waals surface area contributed by atoms with Gasteiger partial charge >= 0.3 is 0 Å². The maximum Gasteiger partial charge on any atom is 0.191 e. The van der Waals surface area contributed by atoms with Gasteiger partial charge in [0, 0.05) is 32.9 Å². The highest BCUT2D eigenvalue weighted by atomic mass is 127. The van der Waals surface area contributed by atoms with Crippen LogP contribution < -0.4 is 15.4 Å². The van der Waals surface area contributed by atoms with Crippen molar-refractivity contribution in [1.82, 2.24) is 20.4 Å². The van der Waals surface area contributed by atoms with Crippen molar-refractivity contribution in [1.29, 1.82) is 0 Å². The van der Waals surface area contributed by atoms with Crippen molar-refractivity contribution in [3.05, 3.63) is 46.8 Å². The van der Waals surface area contributed by atoms with Gasteiger partial charge in [-0.1, -0.05) is 12.1 Å². The molecule has 2 rings (SSSR count). The summed E-state index contributed by atoms with van der Waals surface area (Å²) in [6, 6.07) is 8.00. The average Bonchev–Trinajstić information content (AvgIpc) is 2.83. The van der Waals surface area contributed by atoms with Crippen LogP contribution in [0.3, 0.4) is 0 Å². The fourth-order valence-corrected chi connectivity index (χ4v) is 2.67. The van der Waals surface area contributed by atoms with Crippen LogP contribution >= 0.6 is 24.0 Å². The Balaban J connectivity index is 0.00000312. The third-order valence-electron chi connectivity index (χ3n) is 4.14. The summed E-state index contributed by atoms with van der Waals surface area (Å²) in [5.41, 5.74) is 4.76. The van der Waals surface area contributed by atoms with Gasteiger partial charge in [0.25, 0.3) is 0 Å². The molecular weight excluding hydrogens is 429 g/mol. The molecule has 0 fully saturated rings. The Morgan fingerprint density at radius 3 is 2.64 bits per heavy atom. The molecule has 0 saturated carbocycles. The molecule has 0 radical (unpaired) electrons. The number of aryl methyl sites for hydroxylation is 2. The molecule has 0 atom stereocenters. The fraction of sp³-hybridized carbons (Fsp3) is 0.444. The molecule has 0 spiro atoms. The van der Waals surface area contributed by atoms with E-state index in [-0.39, 0.29) is 24.0 Å². The predicted octanol–water partition coefficient (Wildman–Crippen LogP) is 2.57. The summed E-state index contributed by atoms with van der Waals surface area (Å²) in [4.78, 5) is 4.27. The zero-order chi connectivity index (χ0) is 17.5. The highest BCUT2D eigenvalue weighted by molar-refractivity contribution is 14.0. The number of hydrogen-bond acceptors (Lipinski definition) is 3. The maximum absolute atomic E-state index is 5.24. The Morgan fingerprint density at radius 2 is 2.04 bits per heavy atom. The van der Waals surface area contributed by atoms with Crippen molar-refractivity contribution in [2.75, 3.05) is 20.7 Å². The monoisotopic (exact) mass is 457 g/mol. The van der Waals surface area contributed by atoms with Crippen LogP contribution in [-0.2, 0) is 20.0 Å². The van der Waals surface area contributed by atoms with Crippen LogP contribution in [0.25, 0.3) is 0 Å². The largest absolute Gasteiger partial charge is 0.497 e. The Kier molecular flexibility index (Phi) is 8.74. The lowest BCUT2D eigenvalue weighted by Gasteiger charge is -2.12. The SMILES string of the molecule is CN=C(NCCc1c(C)nn(C)c1C)NCc1cccc(OC)c1.I. The van der Waals surface area contributed by atoms with Crippen molar-refractivity contribution in [3.63, 3.8) is 0 Å². The van der Waals surface area contributed by atoms with Crippen LogP contribution in [0, 0.1) is 13.8 Å². The normalized spacial score (nSPS) is 11.0. The van der Waals surface area contributed by atoms with E-state index in [4.69, 9.17) is 4.74 Å². The molecule has 0 bridgehead atoms. The van der Waals surface area contributed by atoms with E-state index in [2.05, 4.69) is 40.6 Å². The summed E-state index contributed by atoms with van der Waals surface area (Å²) in [6.07, 6.45) is 0.922. The van der Waals surface area contributed by atoms with E-state index in [0.29, 0.717) is 6.54 Å². The van der Waals surface area contributed by atoms with Gasteiger partial charge in [-0.15, -0.1) is 24.0 Å². The van der Waals surface area contributed by atoms with Crippen LogP contribution in [0.5, 0.6) is 5.75 Å². The summed E-state index contributed by atoms with van der Waals surface area (Å²) in [7, 11) is 5.44. The number of ether oxygens (including phenoxy) is 1. The Labute approximate surface area is 167 Å². The van der Waals surface area contributed by atoms with Gasteiger partial charge < -0.3 is 15.4 Å². The van der Waals surface area contributed by atoms with Crippen molar-refractivity contribution in [2.24, 2.45) is 12.0 Å². The quantitative estimate of drug-likeness (QED) is 0.398. The van der Waals surface area contributed by atoms with Crippen molar-refractivity contribution < 1.29 is 4.74 Å². The van der Waals surface area contributed by atoms with Crippen molar-refractivity contribution in [2.45, 2.75) is 26.8 Å². The molecule has 0 aliphatic carbocycles. The Hall–Kier alpha value is -1.77. The van der Waals surface area contributed by atoms with Gasteiger partial charge in [-0.3, -0.25) is 9.67 Å². The summed E-state index contributed by atoms with van der Waals surface area (Å²) in [5, 5.41) is 11.1. The molecule has 2 aromatic rings. The summed E-state index contributed by atoms with van der Waals surface area (Å²) in [5.74, 6) is 1.65. The molecule has 1 aromatic carbocycles. The van der Waals surface area contributed by atoms with E-state index in [1.54, 1.807) is 14.2 Å². The molecule has 1 aromatic heterocycles. The highest BCUT2D eigenvalue weighted by Gasteiger charge is 2.09. The van der Waals surface area contributed by atoms with Crippen LogP contribution in [0.1, 0.15) is 22.5 Å².